The van der Waals surface area contributed by atoms with Gasteiger partial charge >= 0.3 is 5.95 Å². The summed E-state index contributed by atoms with van der Waals surface area (Å²) in [7, 11) is 0. The Bertz CT molecular complexity index is 889. The average molecular weight is 306 g/mol. The third-order valence-corrected chi connectivity index (χ3v) is 4.31. The van der Waals surface area contributed by atoms with Crippen LogP contribution in [0.4, 0.5) is 5.95 Å². The van der Waals surface area contributed by atoms with Crippen LogP contribution in [0.3, 0.4) is 0 Å². The van der Waals surface area contributed by atoms with Crippen LogP contribution in [0.5, 0.6) is 0 Å². The Hall–Kier alpha value is -2.82. The summed E-state index contributed by atoms with van der Waals surface area (Å²) >= 11 is 0. The molecule has 0 saturated carbocycles. The van der Waals surface area contributed by atoms with E-state index in [9.17, 15) is 0 Å². The number of hydrogen-bond donors (Lipinski definition) is 3. The highest BCUT2D eigenvalue weighted by Gasteiger charge is 2.30. The van der Waals surface area contributed by atoms with Crippen molar-refractivity contribution in [2.75, 3.05) is 5.32 Å². The van der Waals surface area contributed by atoms with Crippen LogP contribution in [0.2, 0.25) is 0 Å². The quantitative estimate of drug-likeness (QED) is 0.637. The van der Waals surface area contributed by atoms with Gasteiger partial charge in [0.2, 0.25) is 6.17 Å². The SMILES string of the molecule is CC(C)c1ccc([C@@H]2N=C(N)Nc3[nH]c4ccccc4[n+]32)cc1. The van der Waals surface area contributed by atoms with Gasteiger partial charge in [-0.1, -0.05) is 50.2 Å². The average Bonchev–Trinajstić information content (AvgIpc) is 2.92. The monoisotopic (exact) mass is 306 g/mol. The number of nitrogens with two attached hydrogens (primary N) is 1. The fourth-order valence-corrected chi connectivity index (χ4v) is 3.06. The zero-order valence-corrected chi connectivity index (χ0v) is 13.2. The maximum atomic E-state index is 5.98. The Labute approximate surface area is 134 Å². The van der Waals surface area contributed by atoms with Gasteiger partial charge in [0, 0.05) is 5.56 Å². The summed E-state index contributed by atoms with van der Waals surface area (Å²) in [6, 6.07) is 16.8. The Balaban J connectivity index is 1.86. The molecule has 0 spiro atoms. The lowest BCUT2D eigenvalue weighted by molar-refractivity contribution is -0.674. The van der Waals surface area contributed by atoms with E-state index in [1.54, 1.807) is 0 Å². The van der Waals surface area contributed by atoms with E-state index >= 15 is 0 Å². The van der Waals surface area contributed by atoms with Crippen LogP contribution in [-0.2, 0) is 0 Å². The first-order valence-electron chi connectivity index (χ1n) is 7.86. The molecule has 0 fully saturated rings. The molecule has 5 nitrogen and oxygen atoms in total. The number of fused-ring (bicyclic) bond motifs is 3. The summed E-state index contributed by atoms with van der Waals surface area (Å²) in [5.41, 5.74) is 10.6. The largest absolute Gasteiger partial charge is 0.365 e. The molecule has 0 bridgehead atoms. The predicted octanol–water partition coefficient (Wildman–Crippen LogP) is 2.87. The highest BCUT2D eigenvalue weighted by atomic mass is 15.4. The number of aliphatic imine (C=N–C) groups is 1. The fourth-order valence-electron chi connectivity index (χ4n) is 3.06. The Morgan fingerprint density at radius 2 is 1.83 bits per heavy atom. The number of para-hydroxylation sites is 2. The summed E-state index contributed by atoms with van der Waals surface area (Å²) < 4.78 is 2.15. The molecule has 1 aliphatic heterocycles. The second kappa shape index (κ2) is 5.12. The number of H-pyrrole nitrogens is 1. The molecule has 0 radical (unpaired) electrons. The molecule has 1 atom stereocenters. The van der Waals surface area contributed by atoms with Crippen LogP contribution in [-0.4, -0.2) is 10.9 Å². The number of aromatic amines is 1. The number of guanidine groups is 1. The number of nitrogens with zero attached hydrogens (tertiary/aromatic N) is 2. The first-order chi connectivity index (χ1) is 11.1. The van der Waals surface area contributed by atoms with Gasteiger partial charge < -0.3 is 5.73 Å². The molecule has 23 heavy (non-hydrogen) atoms. The molecule has 0 unspecified atom stereocenters. The summed E-state index contributed by atoms with van der Waals surface area (Å²) in [6.45, 7) is 4.39. The van der Waals surface area contributed by atoms with Crippen molar-refractivity contribution in [1.29, 1.82) is 0 Å². The molecule has 5 heteroatoms. The minimum Gasteiger partial charge on any atom is -0.357 e. The first-order valence-corrected chi connectivity index (χ1v) is 7.86. The third-order valence-electron chi connectivity index (χ3n) is 4.31. The lowest BCUT2D eigenvalue weighted by Crippen LogP contribution is -2.48. The first kappa shape index (κ1) is 13.8. The van der Waals surface area contributed by atoms with Crippen LogP contribution >= 0.6 is 0 Å². The van der Waals surface area contributed by atoms with Crippen LogP contribution in [0, 0.1) is 0 Å². The molecule has 4 N–H and O–H groups in total. The fraction of sp³-hybridized carbons (Fsp3) is 0.222. The van der Waals surface area contributed by atoms with Crippen molar-refractivity contribution in [1.82, 2.24) is 4.98 Å². The molecular weight excluding hydrogens is 286 g/mol. The van der Waals surface area contributed by atoms with Gasteiger partial charge in [-0.25, -0.2) is 14.9 Å². The molecule has 2 aromatic carbocycles. The Kier molecular flexibility index (Phi) is 3.08. The van der Waals surface area contributed by atoms with Gasteiger partial charge in [-0.05, 0) is 23.6 Å². The van der Waals surface area contributed by atoms with Crippen molar-refractivity contribution in [2.24, 2.45) is 10.7 Å². The zero-order chi connectivity index (χ0) is 16.0. The van der Waals surface area contributed by atoms with E-state index in [2.05, 4.69) is 70.1 Å². The van der Waals surface area contributed by atoms with E-state index in [-0.39, 0.29) is 6.17 Å². The van der Waals surface area contributed by atoms with E-state index in [0.29, 0.717) is 11.9 Å². The van der Waals surface area contributed by atoms with E-state index in [1.807, 2.05) is 12.1 Å². The second-order valence-corrected chi connectivity index (χ2v) is 6.20. The number of imidazole rings is 1. The van der Waals surface area contributed by atoms with Crippen molar-refractivity contribution in [3.63, 3.8) is 0 Å². The normalized spacial score (nSPS) is 17.0. The number of aromatic nitrogens is 2. The van der Waals surface area contributed by atoms with Crippen LogP contribution in [0.1, 0.15) is 37.1 Å². The Morgan fingerprint density at radius 1 is 1.09 bits per heavy atom. The van der Waals surface area contributed by atoms with Crippen molar-refractivity contribution in [3.05, 3.63) is 59.7 Å². The summed E-state index contributed by atoms with van der Waals surface area (Å²) in [5, 5.41) is 3.11. The van der Waals surface area contributed by atoms with Crippen molar-refractivity contribution in [3.8, 4) is 0 Å². The molecule has 1 aromatic heterocycles. The zero-order valence-electron chi connectivity index (χ0n) is 13.2. The standard InChI is InChI=1S/C18H19N5/c1-11(2)12-7-9-13(10-8-12)16-21-17(19)22-18-20-14-5-3-4-6-15(14)23(16)18/h3-11,16H,1-2H3,(H3,19,20,21,22)/p+1/t16-/m1/s1. The number of hydrogen-bond acceptors (Lipinski definition) is 3. The maximum Gasteiger partial charge on any atom is 0.365 e. The number of rotatable bonds is 2. The number of anilines is 1. The highest BCUT2D eigenvalue weighted by molar-refractivity contribution is 5.92. The van der Waals surface area contributed by atoms with E-state index in [4.69, 9.17) is 5.73 Å². The van der Waals surface area contributed by atoms with Crippen molar-refractivity contribution in [2.45, 2.75) is 25.9 Å². The van der Waals surface area contributed by atoms with E-state index in [0.717, 1.165) is 22.5 Å². The maximum absolute atomic E-state index is 5.98. The van der Waals surface area contributed by atoms with E-state index < -0.39 is 0 Å². The summed E-state index contributed by atoms with van der Waals surface area (Å²) in [4.78, 5) is 7.98. The Morgan fingerprint density at radius 3 is 2.57 bits per heavy atom. The summed E-state index contributed by atoms with van der Waals surface area (Å²) in [5.74, 6) is 1.80. The van der Waals surface area contributed by atoms with Crippen molar-refractivity contribution < 1.29 is 4.57 Å². The van der Waals surface area contributed by atoms with E-state index in [1.165, 1.54) is 5.56 Å². The second-order valence-electron chi connectivity index (χ2n) is 6.20. The summed E-state index contributed by atoms with van der Waals surface area (Å²) in [6.07, 6.45) is -0.163. The van der Waals surface area contributed by atoms with Gasteiger partial charge in [0.25, 0.3) is 5.96 Å². The minimum absolute atomic E-state index is 0.163. The molecule has 116 valence electrons. The molecule has 0 amide bonds. The lowest BCUT2D eigenvalue weighted by Gasteiger charge is -2.18. The topological polar surface area (TPSA) is 70.1 Å². The highest BCUT2D eigenvalue weighted by Crippen LogP contribution is 2.25. The molecule has 4 rings (SSSR count). The molecule has 0 aliphatic carbocycles. The van der Waals surface area contributed by atoms with Crippen LogP contribution in [0.25, 0.3) is 11.0 Å². The number of benzene rings is 2. The van der Waals surface area contributed by atoms with Gasteiger partial charge in [-0.15, -0.1) is 0 Å². The molecule has 0 saturated heterocycles. The third kappa shape index (κ3) is 2.25. The molecular formula is C18H20N5+. The van der Waals surface area contributed by atoms with Gasteiger partial charge in [-0.3, -0.25) is 0 Å². The van der Waals surface area contributed by atoms with Crippen LogP contribution in [0.15, 0.2) is 53.5 Å². The smallest absolute Gasteiger partial charge is 0.357 e. The molecule has 1 aliphatic rings. The number of nitrogens with one attached hydrogen (secondary N) is 2. The molecule has 3 aromatic rings. The van der Waals surface area contributed by atoms with Gasteiger partial charge in [0.1, 0.15) is 11.0 Å². The van der Waals surface area contributed by atoms with Crippen LogP contribution < -0.4 is 15.6 Å². The predicted molar refractivity (Wildman–Crippen MR) is 92.4 cm³/mol. The van der Waals surface area contributed by atoms with Gasteiger partial charge in [-0.2, -0.15) is 4.99 Å². The van der Waals surface area contributed by atoms with Gasteiger partial charge in [0.05, 0.1) is 0 Å². The van der Waals surface area contributed by atoms with Crippen molar-refractivity contribution >= 4 is 22.9 Å². The minimum atomic E-state index is -0.163. The van der Waals surface area contributed by atoms with Gasteiger partial charge in [0.15, 0.2) is 0 Å². The lowest BCUT2D eigenvalue weighted by atomic mass is 10.0. The molecule has 2 heterocycles.